The average Bonchev–Trinajstić information content (AvgIpc) is 2.84. The van der Waals surface area contributed by atoms with E-state index in [1.807, 2.05) is 6.92 Å². The lowest BCUT2D eigenvalue weighted by atomic mass is 10.1. The molecule has 0 aliphatic rings. The second kappa shape index (κ2) is 10.8. The van der Waals surface area contributed by atoms with Gasteiger partial charge in [-0.3, -0.25) is 9.52 Å². The van der Waals surface area contributed by atoms with Gasteiger partial charge in [-0.1, -0.05) is 0 Å². The Bertz CT molecular complexity index is 1240. The number of ether oxygens (including phenoxy) is 4. The third-order valence-corrected chi connectivity index (χ3v) is 6.14. The van der Waals surface area contributed by atoms with E-state index in [0.717, 1.165) is 0 Å². The molecule has 0 heterocycles. The first-order chi connectivity index (χ1) is 16.3. The molecule has 0 aliphatic carbocycles. The van der Waals surface area contributed by atoms with Crippen molar-refractivity contribution in [1.82, 2.24) is 0 Å². The van der Waals surface area contributed by atoms with Gasteiger partial charge in [-0.2, -0.15) is 0 Å². The van der Waals surface area contributed by atoms with E-state index >= 15 is 0 Å². The molecule has 0 fully saturated rings. The Morgan fingerprint density at radius 2 is 1.41 bits per heavy atom. The summed E-state index contributed by atoms with van der Waals surface area (Å²) < 4.78 is 49.7. The van der Waals surface area contributed by atoms with Crippen LogP contribution in [0.5, 0.6) is 23.0 Å². The highest BCUT2D eigenvalue weighted by molar-refractivity contribution is 7.92. The van der Waals surface area contributed by atoms with Crippen molar-refractivity contribution in [1.29, 1.82) is 0 Å². The number of hydrogen-bond acceptors (Lipinski definition) is 7. The first-order valence-electron chi connectivity index (χ1n) is 10.3. The summed E-state index contributed by atoms with van der Waals surface area (Å²) in [6, 6.07) is 15.6. The lowest BCUT2D eigenvalue weighted by Gasteiger charge is -2.14. The standard InChI is InChI=1S/C24H26N2O7S/c1-5-33-19-9-6-17(7-10-19)26-34(28,29)23-14-18(8-11-22(23)32-4)25-24(27)16-12-20(30-2)15-21(13-16)31-3/h6-15,26H,5H2,1-4H3,(H,25,27). The van der Waals surface area contributed by atoms with Crippen LogP contribution in [0.1, 0.15) is 17.3 Å². The van der Waals surface area contributed by atoms with Gasteiger partial charge in [0.1, 0.15) is 27.9 Å². The minimum atomic E-state index is -4.03. The van der Waals surface area contributed by atoms with Crippen LogP contribution in [0.4, 0.5) is 11.4 Å². The smallest absolute Gasteiger partial charge is 0.265 e. The number of sulfonamides is 1. The lowest BCUT2D eigenvalue weighted by molar-refractivity contribution is 0.102. The molecule has 0 aliphatic heterocycles. The van der Waals surface area contributed by atoms with Gasteiger partial charge in [0, 0.05) is 23.0 Å². The molecule has 9 nitrogen and oxygen atoms in total. The summed E-state index contributed by atoms with van der Waals surface area (Å²) in [6.45, 7) is 2.36. The zero-order valence-corrected chi connectivity index (χ0v) is 20.1. The Morgan fingerprint density at radius 1 is 0.794 bits per heavy atom. The number of anilines is 2. The van der Waals surface area contributed by atoms with Gasteiger partial charge in [0.2, 0.25) is 0 Å². The molecule has 0 spiro atoms. The van der Waals surface area contributed by atoms with Gasteiger partial charge in [-0.25, -0.2) is 8.42 Å². The zero-order valence-electron chi connectivity index (χ0n) is 19.2. The van der Waals surface area contributed by atoms with Crippen LogP contribution < -0.4 is 29.0 Å². The molecule has 0 saturated heterocycles. The van der Waals surface area contributed by atoms with Crippen LogP contribution in [-0.2, 0) is 10.0 Å². The van der Waals surface area contributed by atoms with Gasteiger partial charge in [-0.15, -0.1) is 0 Å². The SMILES string of the molecule is CCOc1ccc(NS(=O)(=O)c2cc(NC(=O)c3cc(OC)cc(OC)c3)ccc2OC)cc1. The van der Waals surface area contributed by atoms with Crippen molar-refractivity contribution in [3.8, 4) is 23.0 Å². The topological polar surface area (TPSA) is 112 Å². The van der Waals surface area contributed by atoms with Crippen LogP contribution in [-0.4, -0.2) is 42.3 Å². The summed E-state index contributed by atoms with van der Waals surface area (Å²) in [4.78, 5) is 12.7. The molecule has 180 valence electrons. The van der Waals surface area contributed by atoms with Crippen molar-refractivity contribution >= 4 is 27.3 Å². The molecule has 0 saturated carbocycles. The van der Waals surface area contributed by atoms with E-state index in [1.54, 1.807) is 48.5 Å². The van der Waals surface area contributed by atoms with Crippen LogP contribution in [0.15, 0.2) is 65.6 Å². The van der Waals surface area contributed by atoms with Crippen molar-refractivity contribution in [2.75, 3.05) is 38.0 Å². The van der Waals surface area contributed by atoms with Crippen molar-refractivity contribution < 1.29 is 32.2 Å². The third-order valence-electron chi connectivity index (χ3n) is 4.74. The number of nitrogens with one attached hydrogen (secondary N) is 2. The van der Waals surface area contributed by atoms with Gasteiger partial charge in [-0.05, 0) is 61.5 Å². The minimum Gasteiger partial charge on any atom is -0.497 e. The normalized spacial score (nSPS) is 10.8. The fourth-order valence-corrected chi connectivity index (χ4v) is 4.36. The van der Waals surface area contributed by atoms with E-state index in [1.165, 1.54) is 33.5 Å². The highest BCUT2D eigenvalue weighted by Gasteiger charge is 2.21. The molecule has 0 bridgehead atoms. The number of methoxy groups -OCH3 is 3. The van der Waals surface area contributed by atoms with Gasteiger partial charge in [0.05, 0.1) is 27.9 Å². The zero-order chi connectivity index (χ0) is 24.7. The number of carbonyl (C=O) groups is 1. The van der Waals surface area contributed by atoms with Crippen molar-refractivity contribution in [3.05, 3.63) is 66.2 Å². The van der Waals surface area contributed by atoms with Crippen LogP contribution in [0, 0.1) is 0 Å². The van der Waals surface area contributed by atoms with Crippen LogP contribution in [0.3, 0.4) is 0 Å². The maximum Gasteiger partial charge on any atom is 0.265 e. The second-order valence-corrected chi connectivity index (χ2v) is 8.63. The van der Waals surface area contributed by atoms with E-state index in [9.17, 15) is 13.2 Å². The van der Waals surface area contributed by atoms with Crippen LogP contribution >= 0.6 is 0 Å². The number of carbonyl (C=O) groups excluding carboxylic acids is 1. The molecule has 0 radical (unpaired) electrons. The summed E-state index contributed by atoms with van der Waals surface area (Å²) in [5.41, 5.74) is 0.895. The first kappa shape index (κ1) is 24.7. The maximum absolute atomic E-state index is 13.1. The van der Waals surface area contributed by atoms with Crippen LogP contribution in [0.2, 0.25) is 0 Å². The number of benzene rings is 3. The van der Waals surface area contributed by atoms with Crippen LogP contribution in [0.25, 0.3) is 0 Å². The molecule has 1 amide bonds. The Labute approximate surface area is 198 Å². The summed E-state index contributed by atoms with van der Waals surface area (Å²) in [5.74, 6) is 1.18. The van der Waals surface area contributed by atoms with Gasteiger partial charge >= 0.3 is 0 Å². The molecular formula is C24H26N2O7S. The second-order valence-electron chi connectivity index (χ2n) is 6.98. The van der Waals surface area contributed by atoms with E-state index in [-0.39, 0.29) is 21.9 Å². The lowest BCUT2D eigenvalue weighted by Crippen LogP contribution is -2.16. The first-order valence-corrected chi connectivity index (χ1v) is 11.8. The Hall–Kier alpha value is -3.92. The largest absolute Gasteiger partial charge is 0.497 e. The molecule has 0 aromatic heterocycles. The fourth-order valence-electron chi connectivity index (χ4n) is 3.10. The quantitative estimate of drug-likeness (QED) is 0.442. The minimum absolute atomic E-state index is 0.125. The number of amides is 1. The highest BCUT2D eigenvalue weighted by Crippen LogP contribution is 2.30. The molecule has 34 heavy (non-hydrogen) atoms. The molecule has 3 aromatic rings. The predicted octanol–water partition coefficient (Wildman–Crippen LogP) is 4.16. The molecule has 10 heteroatoms. The highest BCUT2D eigenvalue weighted by atomic mass is 32.2. The molecule has 3 rings (SSSR count). The van der Waals surface area contributed by atoms with Crippen molar-refractivity contribution in [2.45, 2.75) is 11.8 Å². The Balaban J connectivity index is 1.87. The van der Waals surface area contributed by atoms with E-state index in [2.05, 4.69) is 10.0 Å². The molecule has 0 unspecified atom stereocenters. The fraction of sp³-hybridized carbons (Fsp3) is 0.208. The molecule has 3 aromatic carbocycles. The molecule has 0 atom stereocenters. The summed E-state index contributed by atoms with van der Waals surface area (Å²) in [7, 11) is 0.296. The predicted molar refractivity (Wildman–Crippen MR) is 129 cm³/mol. The van der Waals surface area contributed by atoms with Crippen molar-refractivity contribution in [3.63, 3.8) is 0 Å². The Kier molecular flexibility index (Phi) is 7.85. The third kappa shape index (κ3) is 5.90. The van der Waals surface area contributed by atoms with E-state index < -0.39 is 15.9 Å². The van der Waals surface area contributed by atoms with E-state index in [4.69, 9.17) is 18.9 Å². The number of rotatable bonds is 10. The summed E-state index contributed by atoms with van der Waals surface area (Å²) in [5, 5.41) is 2.70. The molecule has 2 N–H and O–H groups in total. The van der Waals surface area contributed by atoms with Gasteiger partial charge in [0.15, 0.2) is 0 Å². The number of hydrogen-bond donors (Lipinski definition) is 2. The van der Waals surface area contributed by atoms with Gasteiger partial charge < -0.3 is 24.3 Å². The van der Waals surface area contributed by atoms with Crippen molar-refractivity contribution in [2.24, 2.45) is 0 Å². The maximum atomic E-state index is 13.1. The summed E-state index contributed by atoms with van der Waals surface area (Å²) in [6.07, 6.45) is 0. The van der Waals surface area contributed by atoms with E-state index in [0.29, 0.717) is 29.5 Å². The monoisotopic (exact) mass is 486 g/mol. The summed E-state index contributed by atoms with van der Waals surface area (Å²) >= 11 is 0. The molecular weight excluding hydrogens is 460 g/mol. The van der Waals surface area contributed by atoms with Gasteiger partial charge in [0.25, 0.3) is 15.9 Å². The Morgan fingerprint density at radius 3 is 1.97 bits per heavy atom. The average molecular weight is 487 g/mol.